The van der Waals surface area contributed by atoms with Crippen molar-refractivity contribution in [2.24, 2.45) is 0 Å². The van der Waals surface area contributed by atoms with E-state index in [2.05, 4.69) is 10.6 Å². The standard InChI is InChI=1S/C15H17F2N3O4/c1-3-24-14(22)9-6-10(16)11(17)7-12(9)19-15(23)20-5-4-18-13(21)8(20)2/h6-8H,3-5H2,1-2H3,(H,18,21)(H,19,23)/t8-/m1/s1. The van der Waals surface area contributed by atoms with Gasteiger partial charge in [0.15, 0.2) is 11.6 Å². The first-order valence-corrected chi connectivity index (χ1v) is 7.36. The van der Waals surface area contributed by atoms with Gasteiger partial charge in [0.05, 0.1) is 17.9 Å². The molecule has 1 aromatic carbocycles. The van der Waals surface area contributed by atoms with Crippen molar-refractivity contribution in [3.8, 4) is 0 Å². The number of carbonyl (C=O) groups is 3. The van der Waals surface area contributed by atoms with Gasteiger partial charge in [0.25, 0.3) is 0 Å². The molecule has 1 aliphatic rings. The fourth-order valence-electron chi connectivity index (χ4n) is 2.27. The number of urea groups is 1. The smallest absolute Gasteiger partial charge is 0.340 e. The maximum Gasteiger partial charge on any atom is 0.340 e. The molecule has 0 saturated carbocycles. The summed E-state index contributed by atoms with van der Waals surface area (Å²) < 4.78 is 31.7. The second-order valence-corrected chi connectivity index (χ2v) is 5.12. The number of carbonyl (C=O) groups excluding carboxylic acids is 3. The van der Waals surface area contributed by atoms with Crippen LogP contribution in [-0.4, -0.2) is 48.5 Å². The number of hydrogen-bond donors (Lipinski definition) is 2. The molecule has 130 valence electrons. The molecule has 0 unspecified atom stereocenters. The van der Waals surface area contributed by atoms with E-state index in [0.29, 0.717) is 12.1 Å². The van der Waals surface area contributed by atoms with Gasteiger partial charge in [0.1, 0.15) is 6.04 Å². The zero-order valence-electron chi connectivity index (χ0n) is 13.2. The molecule has 1 aliphatic heterocycles. The minimum atomic E-state index is -1.23. The maximum atomic E-state index is 13.5. The molecule has 0 aliphatic carbocycles. The normalized spacial score (nSPS) is 17.2. The van der Waals surface area contributed by atoms with Gasteiger partial charge in [-0.3, -0.25) is 4.79 Å². The summed E-state index contributed by atoms with van der Waals surface area (Å²) in [7, 11) is 0. The Bertz CT molecular complexity index is 681. The second-order valence-electron chi connectivity index (χ2n) is 5.12. The van der Waals surface area contributed by atoms with E-state index in [1.54, 1.807) is 6.92 Å². The molecule has 7 nitrogen and oxygen atoms in total. The molecular formula is C15H17F2N3O4. The molecule has 0 bridgehead atoms. The number of benzene rings is 1. The first kappa shape index (κ1) is 17.6. The van der Waals surface area contributed by atoms with Gasteiger partial charge in [-0.05, 0) is 19.9 Å². The number of piperazine rings is 1. The molecule has 3 amide bonds. The molecular weight excluding hydrogens is 324 g/mol. The van der Waals surface area contributed by atoms with Gasteiger partial charge in [0.2, 0.25) is 5.91 Å². The third kappa shape index (κ3) is 3.61. The van der Waals surface area contributed by atoms with Crippen LogP contribution in [-0.2, 0) is 9.53 Å². The number of nitrogens with one attached hydrogen (secondary N) is 2. The van der Waals surface area contributed by atoms with Crippen molar-refractivity contribution in [1.29, 1.82) is 0 Å². The molecule has 1 saturated heterocycles. The Hall–Kier alpha value is -2.71. The highest BCUT2D eigenvalue weighted by Crippen LogP contribution is 2.22. The monoisotopic (exact) mass is 341 g/mol. The molecule has 24 heavy (non-hydrogen) atoms. The van der Waals surface area contributed by atoms with Crippen molar-refractivity contribution in [3.63, 3.8) is 0 Å². The number of halogens is 2. The van der Waals surface area contributed by atoms with Crippen molar-refractivity contribution in [1.82, 2.24) is 10.2 Å². The molecule has 1 heterocycles. The van der Waals surface area contributed by atoms with Crippen LogP contribution in [0.2, 0.25) is 0 Å². The Kier molecular flexibility index (Phi) is 5.32. The lowest BCUT2D eigenvalue weighted by Crippen LogP contribution is -2.56. The predicted molar refractivity (Wildman–Crippen MR) is 80.5 cm³/mol. The van der Waals surface area contributed by atoms with E-state index in [9.17, 15) is 23.2 Å². The summed E-state index contributed by atoms with van der Waals surface area (Å²) in [4.78, 5) is 37.0. The Morgan fingerprint density at radius 1 is 1.38 bits per heavy atom. The summed E-state index contributed by atoms with van der Waals surface area (Å²) in [6, 6.07) is -0.0623. The largest absolute Gasteiger partial charge is 0.462 e. The van der Waals surface area contributed by atoms with E-state index >= 15 is 0 Å². The third-order valence-corrected chi connectivity index (χ3v) is 3.56. The summed E-state index contributed by atoms with van der Waals surface area (Å²) >= 11 is 0. The Balaban J connectivity index is 2.27. The van der Waals surface area contributed by atoms with Gasteiger partial charge in [-0.25, -0.2) is 18.4 Å². The lowest BCUT2D eigenvalue weighted by atomic mass is 10.1. The summed E-state index contributed by atoms with van der Waals surface area (Å²) in [5.74, 6) is -3.67. The van der Waals surface area contributed by atoms with Crippen LogP contribution in [0.3, 0.4) is 0 Å². The molecule has 1 fully saturated rings. The van der Waals surface area contributed by atoms with Gasteiger partial charge < -0.3 is 20.3 Å². The topological polar surface area (TPSA) is 87.7 Å². The number of amides is 3. The summed E-state index contributed by atoms with van der Waals surface area (Å²) in [6.07, 6.45) is 0. The van der Waals surface area contributed by atoms with Crippen molar-refractivity contribution in [3.05, 3.63) is 29.3 Å². The molecule has 2 rings (SSSR count). The lowest BCUT2D eigenvalue weighted by molar-refractivity contribution is -0.126. The highest BCUT2D eigenvalue weighted by atomic mass is 19.2. The van der Waals surface area contributed by atoms with Crippen molar-refractivity contribution < 1.29 is 27.9 Å². The van der Waals surface area contributed by atoms with E-state index in [0.717, 1.165) is 0 Å². The van der Waals surface area contributed by atoms with E-state index in [1.807, 2.05) is 0 Å². The van der Waals surface area contributed by atoms with Gasteiger partial charge >= 0.3 is 12.0 Å². The lowest BCUT2D eigenvalue weighted by Gasteiger charge is -2.32. The van der Waals surface area contributed by atoms with Crippen molar-refractivity contribution in [2.45, 2.75) is 19.9 Å². The van der Waals surface area contributed by atoms with Crippen molar-refractivity contribution >= 4 is 23.6 Å². The highest BCUT2D eigenvalue weighted by Gasteiger charge is 2.30. The Morgan fingerprint density at radius 2 is 2.04 bits per heavy atom. The van der Waals surface area contributed by atoms with E-state index in [-0.39, 0.29) is 36.9 Å². The van der Waals surface area contributed by atoms with Gasteiger partial charge in [0, 0.05) is 19.2 Å². The fraction of sp³-hybridized carbons (Fsp3) is 0.400. The van der Waals surface area contributed by atoms with Crippen LogP contribution in [0.5, 0.6) is 0 Å². The molecule has 1 aromatic rings. The maximum absolute atomic E-state index is 13.5. The van der Waals surface area contributed by atoms with E-state index in [4.69, 9.17) is 4.74 Å². The first-order chi connectivity index (χ1) is 11.3. The number of ether oxygens (including phenoxy) is 1. The van der Waals surface area contributed by atoms with Crippen LogP contribution in [0.15, 0.2) is 12.1 Å². The number of hydrogen-bond acceptors (Lipinski definition) is 4. The third-order valence-electron chi connectivity index (χ3n) is 3.56. The zero-order valence-corrected chi connectivity index (χ0v) is 13.2. The highest BCUT2D eigenvalue weighted by molar-refractivity contribution is 6.02. The average Bonchev–Trinajstić information content (AvgIpc) is 2.53. The Morgan fingerprint density at radius 3 is 2.71 bits per heavy atom. The van der Waals surface area contributed by atoms with Gasteiger partial charge in [-0.1, -0.05) is 0 Å². The number of rotatable bonds is 3. The first-order valence-electron chi connectivity index (χ1n) is 7.36. The van der Waals surface area contributed by atoms with Crippen LogP contribution in [0.4, 0.5) is 19.3 Å². The Labute approximate surface area is 136 Å². The average molecular weight is 341 g/mol. The van der Waals surface area contributed by atoms with Crippen LogP contribution in [0, 0.1) is 11.6 Å². The fourth-order valence-corrected chi connectivity index (χ4v) is 2.27. The zero-order chi connectivity index (χ0) is 17.9. The molecule has 0 spiro atoms. The summed E-state index contributed by atoms with van der Waals surface area (Å²) in [5.41, 5.74) is -0.534. The molecule has 0 radical (unpaired) electrons. The SMILES string of the molecule is CCOC(=O)c1cc(F)c(F)cc1NC(=O)N1CCNC(=O)[C@H]1C. The van der Waals surface area contributed by atoms with Crippen molar-refractivity contribution in [2.75, 3.05) is 25.0 Å². The van der Waals surface area contributed by atoms with Crippen LogP contribution < -0.4 is 10.6 Å². The molecule has 9 heteroatoms. The summed E-state index contributed by atoms with van der Waals surface area (Å²) in [6.45, 7) is 3.65. The van der Waals surface area contributed by atoms with Crippen LogP contribution >= 0.6 is 0 Å². The minimum absolute atomic E-state index is 0.0363. The van der Waals surface area contributed by atoms with E-state index in [1.165, 1.54) is 11.8 Å². The van der Waals surface area contributed by atoms with Crippen LogP contribution in [0.1, 0.15) is 24.2 Å². The number of esters is 1. The molecule has 0 aromatic heterocycles. The molecule has 2 N–H and O–H groups in total. The van der Waals surface area contributed by atoms with Crippen LogP contribution in [0.25, 0.3) is 0 Å². The molecule has 1 atom stereocenters. The van der Waals surface area contributed by atoms with Gasteiger partial charge in [-0.15, -0.1) is 0 Å². The van der Waals surface area contributed by atoms with Gasteiger partial charge in [-0.2, -0.15) is 0 Å². The number of nitrogens with zero attached hydrogens (tertiary/aromatic N) is 1. The predicted octanol–water partition coefficient (Wildman–Crippen LogP) is 1.49. The minimum Gasteiger partial charge on any atom is -0.462 e. The quantitative estimate of drug-likeness (QED) is 0.816. The second kappa shape index (κ2) is 7.24. The van der Waals surface area contributed by atoms with E-state index < -0.39 is 29.7 Å². The summed E-state index contributed by atoms with van der Waals surface area (Å²) in [5, 5.41) is 4.94. The number of anilines is 1.